The maximum atomic E-state index is 6.35. The Kier molecular flexibility index (Phi) is 3.61. The van der Waals surface area contributed by atoms with Crippen LogP contribution in [0, 0.1) is 5.92 Å². The second-order valence-electron chi connectivity index (χ2n) is 4.53. The fourth-order valence-electron chi connectivity index (χ4n) is 2.43. The van der Waals surface area contributed by atoms with Crippen LogP contribution < -0.4 is 5.73 Å². The number of nitrogens with zero attached hydrogens (tertiary/aromatic N) is 2. The monoisotopic (exact) mass is 223 g/mol. The van der Waals surface area contributed by atoms with Crippen LogP contribution in [-0.2, 0) is 18.2 Å². The van der Waals surface area contributed by atoms with Crippen LogP contribution in [0.3, 0.4) is 0 Å². The Bertz CT molecular complexity index is 342. The molecule has 90 valence electrons. The van der Waals surface area contributed by atoms with E-state index < -0.39 is 0 Å². The Labute approximate surface area is 96.8 Å². The van der Waals surface area contributed by atoms with Crippen molar-refractivity contribution in [2.45, 2.75) is 32.2 Å². The molecule has 2 rings (SSSR count). The highest BCUT2D eigenvalue weighted by Gasteiger charge is 2.25. The third-order valence-corrected chi connectivity index (χ3v) is 3.41. The summed E-state index contributed by atoms with van der Waals surface area (Å²) in [6.45, 7) is 3.82. The summed E-state index contributed by atoms with van der Waals surface area (Å²) in [6.07, 6.45) is 5.16. The summed E-state index contributed by atoms with van der Waals surface area (Å²) in [5, 5.41) is 4.45. The van der Waals surface area contributed by atoms with Gasteiger partial charge in [0.05, 0.1) is 5.69 Å². The van der Waals surface area contributed by atoms with E-state index in [2.05, 4.69) is 18.2 Å². The van der Waals surface area contributed by atoms with Gasteiger partial charge in [0, 0.05) is 38.1 Å². The van der Waals surface area contributed by atoms with Gasteiger partial charge in [-0.3, -0.25) is 4.68 Å². The van der Waals surface area contributed by atoms with E-state index in [-0.39, 0.29) is 6.04 Å². The van der Waals surface area contributed by atoms with E-state index in [1.54, 1.807) is 0 Å². The molecule has 1 aromatic heterocycles. The molecule has 0 aliphatic carbocycles. The third kappa shape index (κ3) is 2.28. The summed E-state index contributed by atoms with van der Waals surface area (Å²) in [5.41, 5.74) is 8.71. The molecule has 16 heavy (non-hydrogen) atoms. The van der Waals surface area contributed by atoms with Crippen LogP contribution in [0.15, 0.2) is 6.20 Å². The standard InChI is InChI=1S/C12H21N3O/c1-3-11-10(8-15(2)14-11)12(13)9-4-6-16-7-5-9/h8-9,12H,3-7,13H2,1-2H3. The molecule has 2 N–H and O–H groups in total. The van der Waals surface area contributed by atoms with Crippen LogP contribution in [-0.4, -0.2) is 23.0 Å². The molecule has 0 aromatic carbocycles. The first-order valence-corrected chi connectivity index (χ1v) is 6.08. The average Bonchev–Trinajstić information content (AvgIpc) is 2.70. The van der Waals surface area contributed by atoms with Gasteiger partial charge in [0.2, 0.25) is 0 Å². The molecule has 1 unspecified atom stereocenters. The van der Waals surface area contributed by atoms with E-state index in [1.807, 2.05) is 11.7 Å². The van der Waals surface area contributed by atoms with E-state index in [4.69, 9.17) is 10.5 Å². The summed E-state index contributed by atoms with van der Waals surface area (Å²) < 4.78 is 7.24. The largest absolute Gasteiger partial charge is 0.381 e. The SMILES string of the molecule is CCc1nn(C)cc1C(N)C1CCOCC1. The second kappa shape index (κ2) is 4.97. The van der Waals surface area contributed by atoms with Gasteiger partial charge in [0.15, 0.2) is 0 Å². The number of aryl methyl sites for hydroxylation is 2. The summed E-state index contributed by atoms with van der Waals surface area (Å²) in [4.78, 5) is 0. The molecule has 2 heterocycles. The minimum absolute atomic E-state index is 0.118. The number of ether oxygens (including phenoxy) is 1. The van der Waals surface area contributed by atoms with E-state index in [0.717, 1.165) is 38.2 Å². The lowest BCUT2D eigenvalue weighted by atomic mass is 9.87. The summed E-state index contributed by atoms with van der Waals surface area (Å²) in [5.74, 6) is 0.545. The van der Waals surface area contributed by atoms with E-state index in [0.29, 0.717) is 5.92 Å². The fourth-order valence-corrected chi connectivity index (χ4v) is 2.43. The van der Waals surface area contributed by atoms with Gasteiger partial charge in [-0.25, -0.2) is 0 Å². The van der Waals surface area contributed by atoms with Gasteiger partial charge in [0.25, 0.3) is 0 Å². The van der Waals surface area contributed by atoms with Crippen molar-refractivity contribution >= 4 is 0 Å². The van der Waals surface area contributed by atoms with Crippen molar-refractivity contribution in [3.8, 4) is 0 Å². The first-order valence-electron chi connectivity index (χ1n) is 6.08. The van der Waals surface area contributed by atoms with Crippen LogP contribution in [0.4, 0.5) is 0 Å². The van der Waals surface area contributed by atoms with Crippen molar-refractivity contribution in [3.05, 3.63) is 17.5 Å². The molecule has 0 amide bonds. The zero-order valence-corrected chi connectivity index (χ0v) is 10.1. The lowest BCUT2D eigenvalue weighted by molar-refractivity contribution is 0.0583. The molecule has 0 spiro atoms. The van der Waals surface area contributed by atoms with Gasteiger partial charge in [-0.15, -0.1) is 0 Å². The van der Waals surface area contributed by atoms with Crippen molar-refractivity contribution in [1.29, 1.82) is 0 Å². The van der Waals surface area contributed by atoms with Crippen LogP contribution >= 0.6 is 0 Å². The molecule has 1 fully saturated rings. The Morgan fingerprint density at radius 2 is 2.25 bits per heavy atom. The Morgan fingerprint density at radius 3 is 2.88 bits per heavy atom. The van der Waals surface area contributed by atoms with Crippen LogP contribution in [0.2, 0.25) is 0 Å². The molecule has 1 atom stereocenters. The molecule has 0 bridgehead atoms. The summed E-state index contributed by atoms with van der Waals surface area (Å²) in [7, 11) is 1.96. The van der Waals surface area contributed by atoms with Gasteiger partial charge in [-0.2, -0.15) is 5.10 Å². The van der Waals surface area contributed by atoms with Crippen molar-refractivity contribution in [2.24, 2.45) is 18.7 Å². The van der Waals surface area contributed by atoms with E-state index in [1.165, 1.54) is 5.56 Å². The first-order chi connectivity index (χ1) is 7.72. The molecule has 1 aliphatic heterocycles. The quantitative estimate of drug-likeness (QED) is 0.843. The summed E-state index contributed by atoms with van der Waals surface area (Å²) >= 11 is 0. The molecule has 1 aromatic rings. The van der Waals surface area contributed by atoms with Gasteiger partial charge < -0.3 is 10.5 Å². The predicted molar refractivity (Wildman–Crippen MR) is 63.1 cm³/mol. The van der Waals surface area contributed by atoms with Crippen LogP contribution in [0.25, 0.3) is 0 Å². The second-order valence-corrected chi connectivity index (χ2v) is 4.53. The molecule has 1 saturated heterocycles. The van der Waals surface area contributed by atoms with E-state index in [9.17, 15) is 0 Å². The minimum Gasteiger partial charge on any atom is -0.381 e. The number of nitrogens with two attached hydrogens (primary N) is 1. The number of hydrogen-bond donors (Lipinski definition) is 1. The van der Waals surface area contributed by atoms with Gasteiger partial charge in [0.1, 0.15) is 0 Å². The number of hydrogen-bond acceptors (Lipinski definition) is 3. The smallest absolute Gasteiger partial charge is 0.0669 e. The first kappa shape index (κ1) is 11.6. The average molecular weight is 223 g/mol. The molecule has 0 saturated carbocycles. The Balaban J connectivity index is 2.14. The fraction of sp³-hybridized carbons (Fsp3) is 0.750. The molecule has 4 heteroatoms. The lowest BCUT2D eigenvalue weighted by Gasteiger charge is -2.27. The molecule has 4 nitrogen and oxygen atoms in total. The van der Waals surface area contributed by atoms with Gasteiger partial charge in [-0.05, 0) is 25.2 Å². The Hall–Kier alpha value is -0.870. The highest BCUT2D eigenvalue weighted by Crippen LogP contribution is 2.29. The van der Waals surface area contributed by atoms with Gasteiger partial charge >= 0.3 is 0 Å². The maximum Gasteiger partial charge on any atom is 0.0669 e. The minimum atomic E-state index is 0.118. The normalized spacial score (nSPS) is 19.9. The van der Waals surface area contributed by atoms with Crippen molar-refractivity contribution < 1.29 is 4.74 Å². The van der Waals surface area contributed by atoms with E-state index >= 15 is 0 Å². The summed E-state index contributed by atoms with van der Waals surface area (Å²) in [6, 6.07) is 0.118. The number of rotatable bonds is 3. The zero-order valence-electron chi connectivity index (χ0n) is 10.1. The number of aromatic nitrogens is 2. The molecular formula is C12H21N3O. The zero-order chi connectivity index (χ0) is 11.5. The van der Waals surface area contributed by atoms with Crippen molar-refractivity contribution in [2.75, 3.05) is 13.2 Å². The highest BCUT2D eigenvalue weighted by atomic mass is 16.5. The Morgan fingerprint density at radius 1 is 1.56 bits per heavy atom. The lowest BCUT2D eigenvalue weighted by Crippen LogP contribution is -2.27. The maximum absolute atomic E-state index is 6.35. The van der Waals surface area contributed by atoms with Gasteiger partial charge in [-0.1, -0.05) is 6.92 Å². The van der Waals surface area contributed by atoms with Crippen molar-refractivity contribution in [3.63, 3.8) is 0 Å². The van der Waals surface area contributed by atoms with Crippen molar-refractivity contribution in [1.82, 2.24) is 9.78 Å². The third-order valence-electron chi connectivity index (χ3n) is 3.41. The van der Waals surface area contributed by atoms with Crippen LogP contribution in [0.5, 0.6) is 0 Å². The molecular weight excluding hydrogens is 202 g/mol. The molecule has 1 aliphatic rings. The topological polar surface area (TPSA) is 53.1 Å². The molecule has 0 radical (unpaired) electrons. The highest BCUT2D eigenvalue weighted by molar-refractivity contribution is 5.22. The van der Waals surface area contributed by atoms with Crippen LogP contribution in [0.1, 0.15) is 37.1 Å². The predicted octanol–water partition coefficient (Wildman–Crippen LogP) is 1.41.